The fraction of sp³-hybridized carbons (Fsp3) is 0.438. The lowest BCUT2D eigenvalue weighted by Crippen LogP contribution is -1.91. The van der Waals surface area contributed by atoms with Gasteiger partial charge >= 0.3 is 5.97 Å². The van der Waals surface area contributed by atoms with E-state index in [9.17, 15) is 4.79 Å². The molecule has 0 aromatic rings. The predicted octanol–water partition coefficient (Wildman–Crippen LogP) is 4.66. The Labute approximate surface area is 110 Å². The molecule has 0 aliphatic carbocycles. The maximum absolute atomic E-state index is 10.2. The fourth-order valence-corrected chi connectivity index (χ4v) is 1.36. The number of rotatable bonds is 11. The maximum Gasteiger partial charge on any atom is 0.303 e. The molecule has 2 nitrogen and oxygen atoms in total. The summed E-state index contributed by atoms with van der Waals surface area (Å²) in [6.45, 7) is 3.67. The highest BCUT2D eigenvalue weighted by Crippen LogP contribution is 1.99. The van der Waals surface area contributed by atoms with Gasteiger partial charge in [-0.3, -0.25) is 4.79 Å². The van der Waals surface area contributed by atoms with Crippen molar-refractivity contribution in [3.63, 3.8) is 0 Å². The summed E-state index contributed by atoms with van der Waals surface area (Å²) in [5.41, 5.74) is 0. The summed E-state index contributed by atoms with van der Waals surface area (Å²) in [6.07, 6.45) is 20.6. The van der Waals surface area contributed by atoms with Gasteiger partial charge in [0.1, 0.15) is 0 Å². The van der Waals surface area contributed by atoms with Crippen LogP contribution in [0.3, 0.4) is 0 Å². The zero-order chi connectivity index (χ0) is 13.5. The molecule has 0 saturated carbocycles. The van der Waals surface area contributed by atoms with Crippen LogP contribution in [0.1, 0.15) is 44.9 Å². The SMILES string of the molecule is C=CCC/C=C/C/C=C/CC/C=C/CCC(=O)O. The minimum absolute atomic E-state index is 0.224. The lowest BCUT2D eigenvalue weighted by Gasteiger charge is -1.89. The van der Waals surface area contributed by atoms with E-state index < -0.39 is 5.97 Å². The third kappa shape index (κ3) is 14.4. The summed E-state index contributed by atoms with van der Waals surface area (Å²) in [6, 6.07) is 0. The molecule has 0 aromatic heterocycles. The van der Waals surface area contributed by atoms with Crippen LogP contribution in [-0.2, 0) is 4.79 Å². The number of carboxylic acids is 1. The van der Waals surface area contributed by atoms with Crippen LogP contribution in [0.15, 0.2) is 49.1 Å². The second-order valence-corrected chi connectivity index (χ2v) is 4.03. The standard InChI is InChI=1S/C16H24O2/c1-2-3-4-5-6-7-8-9-10-11-12-13-14-15-16(17)18/h2,5-6,8-9,12-13H,1,3-4,7,10-11,14-15H2,(H,17,18)/b6-5+,9-8+,13-12+. The average molecular weight is 248 g/mol. The molecule has 0 radical (unpaired) electrons. The highest BCUT2D eigenvalue weighted by molar-refractivity contribution is 5.66. The monoisotopic (exact) mass is 248 g/mol. The van der Waals surface area contributed by atoms with Crippen LogP contribution in [0.4, 0.5) is 0 Å². The van der Waals surface area contributed by atoms with Crippen molar-refractivity contribution in [3.05, 3.63) is 49.1 Å². The zero-order valence-electron chi connectivity index (χ0n) is 11.1. The number of aliphatic carboxylic acids is 1. The Morgan fingerprint density at radius 1 is 0.833 bits per heavy atom. The molecule has 0 heterocycles. The van der Waals surface area contributed by atoms with Gasteiger partial charge in [0.2, 0.25) is 0 Å². The van der Waals surface area contributed by atoms with Gasteiger partial charge in [-0.25, -0.2) is 0 Å². The Hall–Kier alpha value is -1.57. The van der Waals surface area contributed by atoms with Crippen LogP contribution in [0, 0.1) is 0 Å². The van der Waals surface area contributed by atoms with Gasteiger partial charge in [0, 0.05) is 6.42 Å². The number of allylic oxidation sites excluding steroid dienone is 7. The summed E-state index contributed by atoms with van der Waals surface area (Å²) >= 11 is 0. The van der Waals surface area contributed by atoms with Gasteiger partial charge in [-0.15, -0.1) is 6.58 Å². The minimum Gasteiger partial charge on any atom is -0.481 e. The van der Waals surface area contributed by atoms with E-state index in [-0.39, 0.29) is 6.42 Å². The third-order valence-corrected chi connectivity index (χ3v) is 2.33. The Morgan fingerprint density at radius 3 is 1.89 bits per heavy atom. The molecule has 0 atom stereocenters. The maximum atomic E-state index is 10.2. The number of carbonyl (C=O) groups is 1. The first kappa shape index (κ1) is 16.4. The van der Waals surface area contributed by atoms with Gasteiger partial charge in [-0.1, -0.05) is 42.5 Å². The molecular formula is C16H24O2. The Balaban J connectivity index is 3.34. The molecule has 0 amide bonds. The normalized spacial score (nSPS) is 11.8. The average Bonchev–Trinajstić information content (AvgIpc) is 2.34. The minimum atomic E-state index is -0.734. The third-order valence-electron chi connectivity index (χ3n) is 2.33. The van der Waals surface area contributed by atoms with Crippen molar-refractivity contribution in [2.45, 2.75) is 44.9 Å². The molecule has 0 aliphatic heterocycles. The Morgan fingerprint density at radius 2 is 1.33 bits per heavy atom. The van der Waals surface area contributed by atoms with Gasteiger partial charge < -0.3 is 5.11 Å². The summed E-state index contributed by atoms with van der Waals surface area (Å²) in [4.78, 5) is 10.2. The smallest absolute Gasteiger partial charge is 0.303 e. The van der Waals surface area contributed by atoms with E-state index in [2.05, 4.69) is 30.9 Å². The van der Waals surface area contributed by atoms with Gasteiger partial charge in [0.15, 0.2) is 0 Å². The summed E-state index contributed by atoms with van der Waals surface area (Å²) in [5.74, 6) is -0.734. The Bertz CT molecular complexity index is 298. The van der Waals surface area contributed by atoms with Crippen molar-refractivity contribution in [1.29, 1.82) is 0 Å². The molecule has 1 N–H and O–H groups in total. The van der Waals surface area contributed by atoms with Crippen molar-refractivity contribution in [1.82, 2.24) is 0 Å². The lowest BCUT2D eigenvalue weighted by atomic mass is 10.2. The van der Waals surface area contributed by atoms with Crippen LogP contribution in [0.5, 0.6) is 0 Å². The predicted molar refractivity (Wildman–Crippen MR) is 77.6 cm³/mol. The first-order chi connectivity index (χ1) is 8.77. The molecule has 0 fully saturated rings. The van der Waals surface area contributed by atoms with Gasteiger partial charge in [-0.05, 0) is 38.5 Å². The van der Waals surface area contributed by atoms with Crippen LogP contribution < -0.4 is 0 Å². The second-order valence-electron chi connectivity index (χ2n) is 4.03. The first-order valence-electron chi connectivity index (χ1n) is 6.55. The van der Waals surface area contributed by atoms with E-state index >= 15 is 0 Å². The molecule has 0 saturated heterocycles. The van der Waals surface area contributed by atoms with Crippen LogP contribution >= 0.6 is 0 Å². The first-order valence-corrected chi connectivity index (χ1v) is 6.55. The van der Waals surface area contributed by atoms with E-state index in [1.807, 2.05) is 18.2 Å². The number of hydrogen-bond donors (Lipinski definition) is 1. The van der Waals surface area contributed by atoms with Gasteiger partial charge in [0.05, 0.1) is 0 Å². The quantitative estimate of drug-likeness (QED) is 0.426. The molecule has 0 aromatic carbocycles. The molecule has 100 valence electrons. The molecule has 0 spiro atoms. The largest absolute Gasteiger partial charge is 0.481 e. The highest BCUT2D eigenvalue weighted by Gasteiger charge is 1.90. The lowest BCUT2D eigenvalue weighted by molar-refractivity contribution is -0.136. The van der Waals surface area contributed by atoms with E-state index in [1.54, 1.807) is 0 Å². The van der Waals surface area contributed by atoms with Crippen molar-refractivity contribution in [2.75, 3.05) is 0 Å². The van der Waals surface area contributed by atoms with Crippen LogP contribution in [-0.4, -0.2) is 11.1 Å². The topological polar surface area (TPSA) is 37.3 Å². The van der Waals surface area contributed by atoms with Crippen molar-refractivity contribution >= 4 is 5.97 Å². The van der Waals surface area contributed by atoms with Gasteiger partial charge in [-0.2, -0.15) is 0 Å². The number of unbranched alkanes of at least 4 members (excludes halogenated alkanes) is 2. The second kappa shape index (κ2) is 13.5. The Kier molecular flexibility index (Phi) is 12.3. The van der Waals surface area contributed by atoms with Crippen molar-refractivity contribution < 1.29 is 9.90 Å². The highest BCUT2D eigenvalue weighted by atomic mass is 16.4. The molecule has 0 aliphatic rings. The number of carboxylic acid groups (broad SMARTS) is 1. The fourth-order valence-electron chi connectivity index (χ4n) is 1.36. The molecular weight excluding hydrogens is 224 g/mol. The van der Waals surface area contributed by atoms with Crippen molar-refractivity contribution in [3.8, 4) is 0 Å². The summed E-state index contributed by atoms with van der Waals surface area (Å²) in [7, 11) is 0. The van der Waals surface area contributed by atoms with Gasteiger partial charge in [0.25, 0.3) is 0 Å². The molecule has 2 heteroatoms. The van der Waals surface area contributed by atoms with E-state index in [0.717, 1.165) is 32.1 Å². The molecule has 18 heavy (non-hydrogen) atoms. The van der Waals surface area contributed by atoms with Crippen molar-refractivity contribution in [2.24, 2.45) is 0 Å². The van der Waals surface area contributed by atoms with E-state index in [4.69, 9.17) is 5.11 Å². The zero-order valence-corrected chi connectivity index (χ0v) is 11.1. The number of hydrogen-bond acceptors (Lipinski definition) is 1. The van der Waals surface area contributed by atoms with Crippen LogP contribution in [0.2, 0.25) is 0 Å². The van der Waals surface area contributed by atoms with Crippen LogP contribution in [0.25, 0.3) is 0 Å². The molecule has 0 unspecified atom stereocenters. The molecule has 0 bridgehead atoms. The summed E-state index contributed by atoms with van der Waals surface area (Å²) < 4.78 is 0. The summed E-state index contributed by atoms with van der Waals surface area (Å²) in [5, 5.41) is 8.43. The molecule has 0 rings (SSSR count). The van der Waals surface area contributed by atoms with E-state index in [1.165, 1.54) is 0 Å². The van der Waals surface area contributed by atoms with E-state index in [0.29, 0.717) is 6.42 Å².